The lowest BCUT2D eigenvalue weighted by Gasteiger charge is -2.23. The maximum Gasteiger partial charge on any atom is 0.159 e. The molecule has 1 saturated carbocycles. The summed E-state index contributed by atoms with van der Waals surface area (Å²) < 4.78 is 25.9. The van der Waals surface area contributed by atoms with E-state index in [9.17, 15) is 13.9 Å². The predicted molar refractivity (Wildman–Crippen MR) is 57.9 cm³/mol. The van der Waals surface area contributed by atoms with Crippen molar-refractivity contribution >= 4 is 0 Å². The molecule has 1 fully saturated rings. The van der Waals surface area contributed by atoms with Crippen LogP contribution in [0, 0.1) is 17.6 Å². The van der Waals surface area contributed by atoms with Crippen molar-refractivity contribution in [1.29, 1.82) is 0 Å². The van der Waals surface area contributed by atoms with Crippen molar-refractivity contribution in [2.24, 2.45) is 5.92 Å². The van der Waals surface area contributed by atoms with E-state index in [1.807, 2.05) is 0 Å². The molecule has 16 heavy (non-hydrogen) atoms. The Bertz CT molecular complexity index is 392. The van der Waals surface area contributed by atoms with E-state index in [1.165, 1.54) is 6.07 Å². The summed E-state index contributed by atoms with van der Waals surface area (Å²) in [4.78, 5) is 0. The van der Waals surface area contributed by atoms with Gasteiger partial charge >= 0.3 is 0 Å². The molecule has 1 aromatic rings. The maximum atomic E-state index is 13.1. The summed E-state index contributed by atoms with van der Waals surface area (Å²) in [6, 6.07) is 3.69. The van der Waals surface area contributed by atoms with Crippen LogP contribution in [0.25, 0.3) is 0 Å². The number of rotatable bonds is 2. The summed E-state index contributed by atoms with van der Waals surface area (Å²) in [7, 11) is 0. The average Bonchev–Trinajstić information content (AvgIpc) is 2.66. The molecule has 1 aliphatic carbocycles. The highest BCUT2D eigenvalue weighted by Gasteiger charge is 2.38. The summed E-state index contributed by atoms with van der Waals surface area (Å²) in [6.07, 6.45) is 3.25. The van der Waals surface area contributed by atoms with Crippen LogP contribution in [-0.4, -0.2) is 5.11 Å². The van der Waals surface area contributed by atoms with Crippen LogP contribution in [0.3, 0.4) is 0 Å². The summed E-state index contributed by atoms with van der Waals surface area (Å²) in [6.45, 7) is 2.08. The SMILES string of the molecule is CCC1CCC(O)(c2ccc(F)c(F)c2)C1. The first-order valence-corrected chi connectivity index (χ1v) is 5.73. The first-order valence-electron chi connectivity index (χ1n) is 5.73. The van der Waals surface area contributed by atoms with E-state index in [0.29, 0.717) is 24.3 Å². The summed E-state index contributed by atoms with van der Waals surface area (Å²) in [5, 5.41) is 10.4. The van der Waals surface area contributed by atoms with Gasteiger partial charge in [-0.05, 0) is 42.9 Å². The number of benzene rings is 1. The van der Waals surface area contributed by atoms with Crippen LogP contribution in [0.1, 0.15) is 38.2 Å². The van der Waals surface area contributed by atoms with Crippen LogP contribution in [0.4, 0.5) is 8.78 Å². The van der Waals surface area contributed by atoms with Crippen molar-refractivity contribution in [3.63, 3.8) is 0 Å². The van der Waals surface area contributed by atoms with Gasteiger partial charge in [-0.1, -0.05) is 19.4 Å². The van der Waals surface area contributed by atoms with Crippen molar-refractivity contribution in [1.82, 2.24) is 0 Å². The largest absolute Gasteiger partial charge is 0.385 e. The lowest BCUT2D eigenvalue weighted by atomic mass is 9.90. The Hall–Kier alpha value is -0.960. The van der Waals surface area contributed by atoms with Gasteiger partial charge in [0.25, 0.3) is 0 Å². The molecule has 0 saturated heterocycles. The highest BCUT2D eigenvalue weighted by Crippen LogP contribution is 2.43. The minimum atomic E-state index is -0.963. The van der Waals surface area contributed by atoms with Crippen LogP contribution in [0.2, 0.25) is 0 Å². The lowest BCUT2D eigenvalue weighted by Crippen LogP contribution is -2.22. The van der Waals surface area contributed by atoms with Gasteiger partial charge < -0.3 is 5.11 Å². The number of hydrogen-bond acceptors (Lipinski definition) is 1. The second-order valence-electron chi connectivity index (χ2n) is 4.68. The first-order chi connectivity index (χ1) is 7.55. The van der Waals surface area contributed by atoms with Gasteiger partial charge in [-0.15, -0.1) is 0 Å². The smallest absolute Gasteiger partial charge is 0.159 e. The molecule has 1 nitrogen and oxygen atoms in total. The predicted octanol–water partition coefficient (Wildman–Crippen LogP) is 3.36. The van der Waals surface area contributed by atoms with Gasteiger partial charge in [0, 0.05) is 0 Å². The molecule has 2 rings (SSSR count). The fourth-order valence-electron chi connectivity index (χ4n) is 2.52. The van der Waals surface area contributed by atoms with Crippen molar-refractivity contribution < 1.29 is 13.9 Å². The van der Waals surface area contributed by atoms with E-state index in [-0.39, 0.29) is 0 Å². The van der Waals surface area contributed by atoms with E-state index in [2.05, 4.69) is 6.92 Å². The third-order valence-corrected chi connectivity index (χ3v) is 3.63. The molecule has 0 bridgehead atoms. The third kappa shape index (κ3) is 1.96. The Balaban J connectivity index is 2.27. The topological polar surface area (TPSA) is 20.2 Å². The zero-order valence-corrected chi connectivity index (χ0v) is 9.34. The van der Waals surface area contributed by atoms with E-state index in [4.69, 9.17) is 0 Å². The maximum absolute atomic E-state index is 13.1. The number of hydrogen-bond donors (Lipinski definition) is 1. The molecule has 2 unspecified atom stereocenters. The molecule has 3 heteroatoms. The number of halogens is 2. The lowest BCUT2D eigenvalue weighted by molar-refractivity contribution is 0.0394. The second-order valence-corrected chi connectivity index (χ2v) is 4.68. The summed E-state index contributed by atoms with van der Waals surface area (Å²) in [5.41, 5.74) is -0.461. The quantitative estimate of drug-likeness (QED) is 0.819. The zero-order chi connectivity index (χ0) is 11.8. The molecular weight excluding hydrogens is 210 g/mol. The highest BCUT2D eigenvalue weighted by atomic mass is 19.2. The van der Waals surface area contributed by atoms with Crippen molar-refractivity contribution in [3.8, 4) is 0 Å². The molecular formula is C13H16F2O. The Labute approximate surface area is 94.1 Å². The fraction of sp³-hybridized carbons (Fsp3) is 0.538. The van der Waals surface area contributed by atoms with Crippen molar-refractivity contribution in [3.05, 3.63) is 35.4 Å². The van der Waals surface area contributed by atoms with Crippen molar-refractivity contribution in [2.75, 3.05) is 0 Å². The monoisotopic (exact) mass is 226 g/mol. The van der Waals surface area contributed by atoms with Gasteiger partial charge in [-0.3, -0.25) is 0 Å². The third-order valence-electron chi connectivity index (χ3n) is 3.63. The zero-order valence-electron chi connectivity index (χ0n) is 9.34. The Morgan fingerprint density at radius 1 is 1.38 bits per heavy atom. The summed E-state index contributed by atoms with van der Waals surface area (Å²) in [5.74, 6) is -1.26. The molecule has 0 aromatic heterocycles. The van der Waals surface area contributed by atoms with Gasteiger partial charge in [0.05, 0.1) is 5.60 Å². The molecule has 0 aliphatic heterocycles. The minimum Gasteiger partial charge on any atom is -0.385 e. The Morgan fingerprint density at radius 2 is 2.12 bits per heavy atom. The molecule has 0 amide bonds. The van der Waals surface area contributed by atoms with E-state index >= 15 is 0 Å². The molecule has 0 radical (unpaired) electrons. The summed E-state index contributed by atoms with van der Waals surface area (Å²) >= 11 is 0. The number of aliphatic hydroxyl groups is 1. The van der Waals surface area contributed by atoms with E-state index in [0.717, 1.165) is 25.0 Å². The van der Waals surface area contributed by atoms with Gasteiger partial charge in [-0.25, -0.2) is 8.78 Å². The van der Waals surface area contributed by atoms with Crippen LogP contribution >= 0.6 is 0 Å². The Morgan fingerprint density at radius 3 is 2.69 bits per heavy atom. The van der Waals surface area contributed by atoms with Crippen LogP contribution in [0.5, 0.6) is 0 Å². The van der Waals surface area contributed by atoms with Crippen LogP contribution < -0.4 is 0 Å². The second kappa shape index (κ2) is 4.13. The van der Waals surface area contributed by atoms with Crippen LogP contribution in [0.15, 0.2) is 18.2 Å². The molecule has 1 N–H and O–H groups in total. The van der Waals surface area contributed by atoms with Gasteiger partial charge in [-0.2, -0.15) is 0 Å². The molecule has 0 spiro atoms. The molecule has 88 valence electrons. The molecule has 1 aliphatic rings. The van der Waals surface area contributed by atoms with Crippen molar-refractivity contribution in [2.45, 2.75) is 38.2 Å². The van der Waals surface area contributed by atoms with Gasteiger partial charge in [0.1, 0.15) is 0 Å². The highest BCUT2D eigenvalue weighted by molar-refractivity contribution is 5.25. The normalized spacial score (nSPS) is 29.6. The van der Waals surface area contributed by atoms with Gasteiger partial charge in [0.15, 0.2) is 11.6 Å². The van der Waals surface area contributed by atoms with E-state index in [1.54, 1.807) is 0 Å². The average molecular weight is 226 g/mol. The van der Waals surface area contributed by atoms with E-state index < -0.39 is 17.2 Å². The van der Waals surface area contributed by atoms with Gasteiger partial charge in [0.2, 0.25) is 0 Å². The molecule has 1 aromatic carbocycles. The minimum absolute atomic E-state index is 0.484. The first kappa shape index (κ1) is 11.5. The fourth-order valence-corrected chi connectivity index (χ4v) is 2.52. The Kier molecular flexibility index (Phi) is 2.98. The van der Waals surface area contributed by atoms with Crippen LogP contribution in [-0.2, 0) is 5.60 Å². The molecule has 2 atom stereocenters. The standard InChI is InChI=1S/C13H16F2O/c1-2-9-5-6-13(16,8-9)10-3-4-11(14)12(15)7-10/h3-4,7,9,16H,2,5-6,8H2,1H3. The molecule has 0 heterocycles.